The van der Waals surface area contributed by atoms with Crippen molar-refractivity contribution in [2.75, 3.05) is 18.9 Å². The molecular weight excluding hydrogens is 238 g/mol. The van der Waals surface area contributed by atoms with Crippen LogP contribution in [0.2, 0.25) is 0 Å². The number of nitrogens with zero attached hydrogens (tertiary/aromatic N) is 1. The number of aromatic nitrogens is 1. The van der Waals surface area contributed by atoms with Crippen LogP contribution in [0.4, 0.5) is 5.82 Å². The van der Waals surface area contributed by atoms with Crippen LogP contribution in [0.25, 0.3) is 0 Å². The lowest BCUT2D eigenvalue weighted by atomic mass is 10.1. The molecule has 1 amide bonds. The highest BCUT2D eigenvalue weighted by atomic mass is 16.1. The van der Waals surface area contributed by atoms with Crippen molar-refractivity contribution in [2.24, 2.45) is 11.3 Å². The molecule has 4 heteroatoms. The van der Waals surface area contributed by atoms with E-state index in [0.717, 1.165) is 24.5 Å². The van der Waals surface area contributed by atoms with Gasteiger partial charge in [-0.3, -0.25) is 4.79 Å². The third kappa shape index (κ3) is 3.25. The molecule has 0 radical (unpaired) electrons. The third-order valence-corrected chi connectivity index (χ3v) is 3.99. The lowest BCUT2D eigenvalue weighted by molar-refractivity contribution is 0.0950. The van der Waals surface area contributed by atoms with Crippen molar-refractivity contribution in [1.82, 2.24) is 10.3 Å². The van der Waals surface area contributed by atoms with Crippen molar-refractivity contribution in [3.05, 3.63) is 23.4 Å². The van der Waals surface area contributed by atoms with Crippen LogP contribution in [0.3, 0.4) is 0 Å². The molecule has 1 atom stereocenters. The Bertz CT molecular complexity index is 460. The van der Waals surface area contributed by atoms with Crippen LogP contribution in [0.15, 0.2) is 12.1 Å². The number of carbonyl (C=O) groups excluding carboxylic acids is 1. The van der Waals surface area contributed by atoms with E-state index in [2.05, 4.69) is 29.5 Å². The van der Waals surface area contributed by atoms with Crippen LogP contribution < -0.4 is 10.6 Å². The molecule has 1 heterocycles. The molecule has 2 rings (SSSR count). The van der Waals surface area contributed by atoms with Gasteiger partial charge in [-0.15, -0.1) is 0 Å². The van der Waals surface area contributed by atoms with Gasteiger partial charge in [0.05, 0.1) is 0 Å². The van der Waals surface area contributed by atoms with Crippen molar-refractivity contribution >= 4 is 11.7 Å². The standard InChI is InChI=1S/C15H23N3O/c1-5-12-6-10(7-13(16-4)18-12)14(19)17-9-11-8-15(11,2)3/h6-7,11H,5,8-9H2,1-4H3,(H,16,18)(H,17,19). The van der Waals surface area contributed by atoms with Crippen LogP contribution in [0.5, 0.6) is 0 Å². The number of hydrogen-bond acceptors (Lipinski definition) is 3. The van der Waals surface area contributed by atoms with Gasteiger partial charge in [-0.1, -0.05) is 20.8 Å². The lowest BCUT2D eigenvalue weighted by Gasteiger charge is -2.09. The minimum absolute atomic E-state index is 0.00343. The van der Waals surface area contributed by atoms with Crippen LogP contribution in [0.1, 0.15) is 43.2 Å². The summed E-state index contributed by atoms with van der Waals surface area (Å²) in [6, 6.07) is 3.67. The number of nitrogens with one attached hydrogen (secondary N) is 2. The molecule has 0 saturated heterocycles. The van der Waals surface area contributed by atoms with Crippen molar-refractivity contribution in [3.8, 4) is 0 Å². The first-order valence-electron chi connectivity index (χ1n) is 6.93. The Hall–Kier alpha value is -1.58. The van der Waals surface area contributed by atoms with E-state index in [0.29, 0.717) is 16.9 Å². The number of rotatable bonds is 5. The fourth-order valence-electron chi connectivity index (χ4n) is 2.27. The van der Waals surface area contributed by atoms with E-state index in [1.54, 1.807) is 6.07 Å². The summed E-state index contributed by atoms with van der Waals surface area (Å²) in [6.45, 7) is 7.29. The Balaban J connectivity index is 2.02. The Morgan fingerprint density at radius 1 is 1.47 bits per heavy atom. The van der Waals surface area contributed by atoms with Gasteiger partial charge in [-0.25, -0.2) is 4.98 Å². The molecule has 0 aromatic carbocycles. The van der Waals surface area contributed by atoms with Crippen LogP contribution in [-0.4, -0.2) is 24.5 Å². The van der Waals surface area contributed by atoms with Gasteiger partial charge in [0.1, 0.15) is 5.82 Å². The molecule has 0 aliphatic heterocycles. The molecule has 1 saturated carbocycles. The minimum Gasteiger partial charge on any atom is -0.373 e. The molecule has 1 fully saturated rings. The van der Waals surface area contributed by atoms with Gasteiger partial charge in [0.25, 0.3) is 5.91 Å². The molecule has 1 aromatic heterocycles. The van der Waals surface area contributed by atoms with E-state index in [1.165, 1.54) is 6.42 Å². The lowest BCUT2D eigenvalue weighted by Crippen LogP contribution is -2.26. The second-order valence-electron chi connectivity index (χ2n) is 5.94. The molecule has 4 nitrogen and oxygen atoms in total. The van der Waals surface area contributed by atoms with Gasteiger partial charge in [0, 0.05) is 24.8 Å². The zero-order chi connectivity index (χ0) is 14.0. The predicted molar refractivity (Wildman–Crippen MR) is 77.4 cm³/mol. The summed E-state index contributed by atoms with van der Waals surface area (Å²) in [4.78, 5) is 16.5. The smallest absolute Gasteiger partial charge is 0.251 e. The number of hydrogen-bond donors (Lipinski definition) is 2. The van der Waals surface area contributed by atoms with Gasteiger partial charge < -0.3 is 10.6 Å². The van der Waals surface area contributed by atoms with E-state index >= 15 is 0 Å². The Labute approximate surface area is 115 Å². The number of pyridine rings is 1. The van der Waals surface area contributed by atoms with Gasteiger partial charge in [0.15, 0.2) is 0 Å². The summed E-state index contributed by atoms with van der Waals surface area (Å²) in [6.07, 6.45) is 2.02. The molecule has 1 aliphatic carbocycles. The molecule has 0 spiro atoms. The third-order valence-electron chi connectivity index (χ3n) is 3.99. The Morgan fingerprint density at radius 2 is 2.16 bits per heavy atom. The number of anilines is 1. The summed E-state index contributed by atoms with van der Waals surface area (Å²) in [5.41, 5.74) is 2.02. The molecule has 0 bridgehead atoms. The van der Waals surface area contributed by atoms with Gasteiger partial charge in [0.2, 0.25) is 0 Å². The zero-order valence-electron chi connectivity index (χ0n) is 12.2. The van der Waals surface area contributed by atoms with E-state index in [9.17, 15) is 4.79 Å². The van der Waals surface area contributed by atoms with Crippen LogP contribution in [-0.2, 0) is 6.42 Å². The van der Waals surface area contributed by atoms with E-state index in [4.69, 9.17) is 0 Å². The fraction of sp³-hybridized carbons (Fsp3) is 0.600. The molecular formula is C15H23N3O. The molecule has 2 N–H and O–H groups in total. The minimum atomic E-state index is -0.00343. The highest BCUT2D eigenvalue weighted by Crippen LogP contribution is 2.50. The second-order valence-corrected chi connectivity index (χ2v) is 5.94. The molecule has 1 aliphatic rings. The normalized spacial score (nSPS) is 19.9. The Kier molecular flexibility index (Phi) is 3.78. The SMILES string of the molecule is CCc1cc(C(=O)NCC2CC2(C)C)cc(NC)n1. The van der Waals surface area contributed by atoms with Gasteiger partial charge in [-0.2, -0.15) is 0 Å². The summed E-state index contributed by atoms with van der Waals surface area (Å²) in [5.74, 6) is 1.36. The van der Waals surface area contributed by atoms with E-state index in [-0.39, 0.29) is 5.91 Å². The van der Waals surface area contributed by atoms with Crippen molar-refractivity contribution in [2.45, 2.75) is 33.6 Å². The Morgan fingerprint density at radius 3 is 2.68 bits per heavy atom. The monoisotopic (exact) mass is 261 g/mol. The summed E-state index contributed by atoms with van der Waals surface area (Å²) in [5, 5.41) is 6.02. The van der Waals surface area contributed by atoms with Crippen molar-refractivity contribution in [3.63, 3.8) is 0 Å². The number of amides is 1. The van der Waals surface area contributed by atoms with Crippen molar-refractivity contribution in [1.29, 1.82) is 0 Å². The first-order chi connectivity index (χ1) is 8.96. The first kappa shape index (κ1) is 13.8. The summed E-state index contributed by atoms with van der Waals surface area (Å²) >= 11 is 0. The maximum absolute atomic E-state index is 12.2. The van der Waals surface area contributed by atoms with E-state index in [1.807, 2.05) is 20.0 Å². The van der Waals surface area contributed by atoms with Crippen LogP contribution >= 0.6 is 0 Å². The highest BCUT2D eigenvalue weighted by Gasteiger charge is 2.45. The number of carbonyl (C=O) groups is 1. The van der Waals surface area contributed by atoms with Gasteiger partial charge in [-0.05, 0) is 36.3 Å². The average molecular weight is 261 g/mol. The maximum Gasteiger partial charge on any atom is 0.251 e. The van der Waals surface area contributed by atoms with Gasteiger partial charge >= 0.3 is 0 Å². The van der Waals surface area contributed by atoms with Crippen LogP contribution in [0, 0.1) is 11.3 Å². The quantitative estimate of drug-likeness (QED) is 0.856. The largest absolute Gasteiger partial charge is 0.373 e. The zero-order valence-corrected chi connectivity index (χ0v) is 12.2. The number of aryl methyl sites for hydroxylation is 1. The molecule has 1 aromatic rings. The van der Waals surface area contributed by atoms with Crippen molar-refractivity contribution < 1.29 is 4.79 Å². The summed E-state index contributed by atoms with van der Waals surface area (Å²) in [7, 11) is 1.82. The first-order valence-corrected chi connectivity index (χ1v) is 6.93. The summed E-state index contributed by atoms with van der Waals surface area (Å²) < 4.78 is 0. The highest BCUT2D eigenvalue weighted by molar-refractivity contribution is 5.95. The predicted octanol–water partition coefficient (Wildman–Crippen LogP) is 2.46. The molecule has 104 valence electrons. The average Bonchev–Trinajstić information content (AvgIpc) is 3.02. The maximum atomic E-state index is 12.2. The molecule has 1 unspecified atom stereocenters. The van der Waals surface area contributed by atoms with E-state index < -0.39 is 0 Å². The second kappa shape index (κ2) is 5.19. The topological polar surface area (TPSA) is 54.0 Å². The molecule has 19 heavy (non-hydrogen) atoms. The fourth-order valence-corrected chi connectivity index (χ4v) is 2.27.